The van der Waals surface area contributed by atoms with Crippen LogP contribution in [0.2, 0.25) is 0 Å². The number of ether oxygens (including phenoxy) is 1. The van der Waals surface area contributed by atoms with Gasteiger partial charge in [0.15, 0.2) is 0 Å². The van der Waals surface area contributed by atoms with Crippen LogP contribution in [-0.4, -0.2) is 10.6 Å². The number of carbonyl (C=O) groups is 1. The van der Waals surface area contributed by atoms with E-state index >= 15 is 0 Å². The van der Waals surface area contributed by atoms with Crippen LogP contribution < -0.4 is 4.74 Å². The third-order valence-electron chi connectivity index (χ3n) is 2.65. The maximum absolute atomic E-state index is 13.0. The van der Waals surface area contributed by atoms with E-state index in [2.05, 4.69) is 0 Å². The topological polar surface area (TPSA) is 26.3 Å². The molecule has 0 saturated carbocycles. The highest BCUT2D eigenvalue weighted by Crippen LogP contribution is 2.28. The molecule has 2 nitrogen and oxygen atoms in total. The van der Waals surface area contributed by atoms with E-state index in [0.717, 1.165) is 0 Å². The van der Waals surface area contributed by atoms with Gasteiger partial charge in [-0.05, 0) is 45.8 Å². The van der Waals surface area contributed by atoms with Crippen molar-refractivity contribution in [3.05, 3.63) is 65.5 Å². The van der Waals surface area contributed by atoms with Gasteiger partial charge in [0.05, 0.1) is 0 Å². The van der Waals surface area contributed by atoms with Crippen molar-refractivity contribution >= 4 is 21.7 Å². The fraction of sp³-hybridized carbons (Fsp3) is 0.133. The number of benzene rings is 2. The summed E-state index contributed by atoms with van der Waals surface area (Å²) in [5, 5.41) is 0. The second kappa shape index (κ2) is 6.30. The average Bonchev–Trinajstić information content (AvgIpc) is 2.44. The average molecular weight is 359 g/mol. The summed E-state index contributed by atoms with van der Waals surface area (Å²) >= 11 is 2.02. The Bertz CT molecular complexity index is 653. The monoisotopic (exact) mass is 358 g/mol. The molecule has 0 aromatic heterocycles. The summed E-state index contributed by atoms with van der Waals surface area (Å²) in [5.74, 6) is -1.49. The highest BCUT2D eigenvalue weighted by Gasteiger charge is 2.35. The Hall–Kier alpha value is -1.82. The van der Waals surface area contributed by atoms with Crippen LogP contribution >= 0.6 is 15.9 Å². The van der Waals surface area contributed by atoms with Crippen LogP contribution in [-0.2, 0) is 6.61 Å². The van der Waals surface area contributed by atoms with Gasteiger partial charge in [-0.25, -0.2) is 4.39 Å². The zero-order chi connectivity index (χ0) is 15.5. The maximum Gasteiger partial charge on any atom is 0.363 e. The van der Waals surface area contributed by atoms with Crippen molar-refractivity contribution in [2.24, 2.45) is 0 Å². The van der Waals surface area contributed by atoms with Crippen LogP contribution in [0.25, 0.3) is 0 Å². The highest BCUT2D eigenvalue weighted by atomic mass is 79.9. The van der Waals surface area contributed by atoms with Gasteiger partial charge in [-0.1, -0.05) is 24.3 Å². The number of ketones is 1. The highest BCUT2D eigenvalue weighted by molar-refractivity contribution is 9.10. The lowest BCUT2D eigenvalue weighted by molar-refractivity contribution is 0.0592. The number of hydrogen-bond donors (Lipinski definition) is 0. The molecule has 0 aliphatic carbocycles. The predicted octanol–water partition coefficient (Wildman–Crippen LogP) is 4.58. The first-order valence-electron chi connectivity index (χ1n) is 5.95. The first-order valence-corrected chi connectivity index (χ1v) is 6.74. The number of alkyl halides is 3. The van der Waals surface area contributed by atoms with Gasteiger partial charge < -0.3 is 4.74 Å². The molecule has 0 aliphatic rings. The minimum absolute atomic E-state index is 0.0696. The molecule has 0 spiro atoms. The Labute approximate surface area is 127 Å². The Kier molecular flexibility index (Phi) is 4.67. The number of rotatable bonds is 5. The van der Waals surface area contributed by atoms with E-state index in [9.17, 15) is 18.0 Å². The van der Waals surface area contributed by atoms with Crippen molar-refractivity contribution < 1.29 is 22.7 Å². The Morgan fingerprint density at radius 3 is 2.52 bits per heavy atom. The molecule has 0 aliphatic heterocycles. The zero-order valence-corrected chi connectivity index (χ0v) is 12.2. The summed E-state index contributed by atoms with van der Waals surface area (Å²) in [4.78, 5) is 7.82. The quantitative estimate of drug-likeness (QED) is 0.577. The van der Waals surface area contributed by atoms with Gasteiger partial charge in [0, 0.05) is 5.56 Å². The van der Waals surface area contributed by atoms with Crippen LogP contribution in [0.5, 0.6) is 5.75 Å². The van der Waals surface area contributed by atoms with Gasteiger partial charge >= 0.3 is 4.83 Å². The molecule has 0 heterocycles. The minimum atomic E-state index is -3.62. The fourth-order valence-electron chi connectivity index (χ4n) is 1.68. The summed E-state index contributed by atoms with van der Waals surface area (Å²) in [6.45, 7) is 0.0696. The maximum atomic E-state index is 13.0. The van der Waals surface area contributed by atoms with Crippen LogP contribution in [0, 0.1) is 5.82 Å². The Morgan fingerprint density at radius 2 is 1.86 bits per heavy atom. The third kappa shape index (κ3) is 4.32. The van der Waals surface area contributed by atoms with E-state index in [1.807, 2.05) is 15.9 Å². The van der Waals surface area contributed by atoms with E-state index in [-0.39, 0.29) is 23.7 Å². The standard InChI is InChI=1S/C15H10BrF3O2/c16-15(18,19)14(20)11-4-2-6-13(8-11)21-9-10-3-1-5-12(17)7-10/h1-8H,9H2. The van der Waals surface area contributed by atoms with Crippen LogP contribution in [0.4, 0.5) is 13.2 Å². The summed E-state index contributed by atoms with van der Waals surface area (Å²) in [6, 6.07) is 11.3. The van der Waals surface area contributed by atoms with Crippen LogP contribution in [0.3, 0.4) is 0 Å². The normalized spacial score (nSPS) is 11.2. The van der Waals surface area contributed by atoms with Crippen molar-refractivity contribution in [2.75, 3.05) is 0 Å². The van der Waals surface area contributed by atoms with E-state index in [4.69, 9.17) is 4.74 Å². The summed E-state index contributed by atoms with van der Waals surface area (Å²) in [7, 11) is 0. The van der Waals surface area contributed by atoms with E-state index < -0.39 is 10.6 Å². The van der Waals surface area contributed by atoms with Crippen LogP contribution in [0.1, 0.15) is 15.9 Å². The Balaban J connectivity index is 2.10. The largest absolute Gasteiger partial charge is 0.489 e. The van der Waals surface area contributed by atoms with Crippen molar-refractivity contribution in [3.8, 4) is 5.75 Å². The van der Waals surface area contributed by atoms with Crippen LogP contribution in [0.15, 0.2) is 48.5 Å². The Morgan fingerprint density at radius 1 is 1.14 bits per heavy atom. The van der Waals surface area contributed by atoms with Crippen molar-refractivity contribution in [3.63, 3.8) is 0 Å². The molecular weight excluding hydrogens is 349 g/mol. The molecule has 0 fully saturated rings. The molecule has 110 valence electrons. The summed E-state index contributed by atoms with van der Waals surface area (Å²) in [5.41, 5.74) is 0.422. The number of hydrogen-bond acceptors (Lipinski definition) is 2. The molecule has 0 saturated heterocycles. The second-order valence-corrected chi connectivity index (χ2v) is 5.27. The molecular formula is C15H10BrF3O2. The van der Waals surface area contributed by atoms with Gasteiger partial charge in [-0.15, -0.1) is 0 Å². The first kappa shape index (κ1) is 15.6. The number of halogens is 4. The zero-order valence-electron chi connectivity index (χ0n) is 10.7. The second-order valence-electron chi connectivity index (χ2n) is 4.27. The smallest absolute Gasteiger partial charge is 0.363 e. The molecule has 21 heavy (non-hydrogen) atoms. The number of Topliss-reactive ketones (excluding diaryl/α,β-unsaturated/α-hetero) is 1. The first-order chi connectivity index (χ1) is 9.86. The molecule has 0 N–H and O–H groups in total. The van der Waals surface area contributed by atoms with Gasteiger partial charge in [-0.3, -0.25) is 4.79 Å². The molecule has 2 rings (SSSR count). The molecule has 0 atom stereocenters. The minimum Gasteiger partial charge on any atom is -0.489 e. The third-order valence-corrected chi connectivity index (χ3v) is 3.01. The SMILES string of the molecule is O=C(c1cccc(OCc2cccc(F)c2)c1)C(F)(F)Br. The van der Waals surface area contributed by atoms with Crippen molar-refractivity contribution in [2.45, 2.75) is 11.4 Å². The molecule has 0 unspecified atom stereocenters. The van der Waals surface area contributed by atoms with Crippen molar-refractivity contribution in [1.29, 1.82) is 0 Å². The van der Waals surface area contributed by atoms with E-state index in [1.165, 1.54) is 36.4 Å². The lowest BCUT2D eigenvalue weighted by Gasteiger charge is -2.10. The predicted molar refractivity (Wildman–Crippen MR) is 75.4 cm³/mol. The molecule has 2 aromatic carbocycles. The molecule has 6 heteroatoms. The van der Waals surface area contributed by atoms with E-state index in [1.54, 1.807) is 12.1 Å². The number of carbonyl (C=O) groups excluding carboxylic acids is 1. The fourth-order valence-corrected chi connectivity index (χ4v) is 1.91. The summed E-state index contributed by atoms with van der Waals surface area (Å²) in [6.07, 6.45) is 0. The van der Waals surface area contributed by atoms with Crippen molar-refractivity contribution in [1.82, 2.24) is 0 Å². The van der Waals surface area contributed by atoms with Gasteiger partial charge in [0.25, 0.3) is 0 Å². The van der Waals surface area contributed by atoms with Gasteiger partial charge in [-0.2, -0.15) is 8.78 Å². The molecule has 0 bridgehead atoms. The molecule has 2 aromatic rings. The molecule has 0 radical (unpaired) electrons. The lowest BCUT2D eigenvalue weighted by Crippen LogP contribution is -2.20. The summed E-state index contributed by atoms with van der Waals surface area (Å²) < 4.78 is 44.2. The van der Waals surface area contributed by atoms with Gasteiger partial charge in [0.2, 0.25) is 5.78 Å². The lowest BCUT2D eigenvalue weighted by atomic mass is 10.1. The van der Waals surface area contributed by atoms with E-state index in [0.29, 0.717) is 5.56 Å². The van der Waals surface area contributed by atoms with Gasteiger partial charge in [0.1, 0.15) is 18.2 Å². The molecule has 0 amide bonds.